The van der Waals surface area contributed by atoms with E-state index in [-0.39, 0.29) is 35.7 Å². The highest BCUT2D eigenvalue weighted by molar-refractivity contribution is 5.81. The number of carbonyl (C=O) groups is 2. The molecule has 0 aliphatic carbocycles. The van der Waals surface area contributed by atoms with Crippen LogP contribution in [0.15, 0.2) is 0 Å². The van der Waals surface area contributed by atoms with Gasteiger partial charge < -0.3 is 10.6 Å². The minimum Gasteiger partial charge on any atom is -0.305 e. The van der Waals surface area contributed by atoms with E-state index < -0.39 is 0 Å². The van der Waals surface area contributed by atoms with Crippen LogP contribution in [0.25, 0.3) is 0 Å². The molecular weight excluding hydrogens is 216 g/mol. The Kier molecular flexibility index (Phi) is 7.23. The zero-order valence-electron chi connectivity index (χ0n) is 11.8. The van der Waals surface area contributed by atoms with Gasteiger partial charge in [0.15, 0.2) is 0 Å². The van der Waals surface area contributed by atoms with Gasteiger partial charge in [-0.1, -0.05) is 0 Å². The van der Waals surface area contributed by atoms with Gasteiger partial charge in [-0.15, -0.1) is 0 Å². The molecule has 4 heteroatoms. The van der Waals surface area contributed by atoms with Crippen molar-refractivity contribution < 1.29 is 9.59 Å². The van der Waals surface area contributed by atoms with Crippen LogP contribution in [0.2, 0.25) is 0 Å². The van der Waals surface area contributed by atoms with Gasteiger partial charge in [0, 0.05) is 12.1 Å². The van der Waals surface area contributed by atoms with E-state index in [9.17, 15) is 9.59 Å². The monoisotopic (exact) mass is 242 g/mol. The Hall–Kier alpha value is -0.740. The molecular formula is C13H26N2O2. The highest BCUT2D eigenvalue weighted by Gasteiger charge is 2.16. The van der Waals surface area contributed by atoms with Gasteiger partial charge >= 0.3 is 0 Å². The lowest BCUT2D eigenvalue weighted by atomic mass is 10.1. The maximum absolute atomic E-state index is 11.1. The maximum Gasteiger partial charge on any atom is 0.146 e. The van der Waals surface area contributed by atoms with Gasteiger partial charge in [-0.2, -0.15) is 0 Å². The van der Waals surface area contributed by atoms with Crippen LogP contribution >= 0.6 is 0 Å². The lowest BCUT2D eigenvalue weighted by Gasteiger charge is -2.24. The van der Waals surface area contributed by atoms with E-state index in [2.05, 4.69) is 24.5 Å². The summed E-state index contributed by atoms with van der Waals surface area (Å²) in [4.78, 5) is 22.2. The van der Waals surface area contributed by atoms with Crippen molar-refractivity contribution in [3.63, 3.8) is 0 Å². The van der Waals surface area contributed by atoms with Crippen molar-refractivity contribution in [2.75, 3.05) is 0 Å². The Morgan fingerprint density at radius 1 is 0.824 bits per heavy atom. The smallest absolute Gasteiger partial charge is 0.146 e. The first-order chi connectivity index (χ1) is 7.73. The van der Waals surface area contributed by atoms with Crippen molar-refractivity contribution in [2.45, 2.75) is 72.1 Å². The van der Waals surface area contributed by atoms with Gasteiger partial charge in [-0.25, -0.2) is 0 Å². The van der Waals surface area contributed by atoms with Crippen LogP contribution in [0.3, 0.4) is 0 Å². The van der Waals surface area contributed by atoms with Gasteiger partial charge in [0.2, 0.25) is 0 Å². The number of rotatable bonds is 8. The van der Waals surface area contributed by atoms with Gasteiger partial charge in [0.25, 0.3) is 0 Å². The van der Waals surface area contributed by atoms with Crippen LogP contribution in [0.4, 0.5) is 0 Å². The number of nitrogens with one attached hydrogen (secondary N) is 2. The van der Waals surface area contributed by atoms with Crippen molar-refractivity contribution in [2.24, 2.45) is 0 Å². The maximum atomic E-state index is 11.1. The fourth-order valence-electron chi connectivity index (χ4n) is 1.75. The van der Waals surface area contributed by atoms with E-state index in [0.717, 1.165) is 6.42 Å². The van der Waals surface area contributed by atoms with Gasteiger partial charge in [0.05, 0.1) is 12.1 Å². The molecule has 4 unspecified atom stereocenters. The highest BCUT2D eigenvalue weighted by atomic mass is 16.1. The number of ketones is 2. The molecule has 4 atom stereocenters. The Bertz CT molecular complexity index is 240. The van der Waals surface area contributed by atoms with Crippen LogP contribution in [-0.4, -0.2) is 35.7 Å². The summed E-state index contributed by atoms with van der Waals surface area (Å²) in [6, 6.07) is 0.274. The van der Waals surface area contributed by atoms with Crippen LogP contribution in [0, 0.1) is 0 Å². The Morgan fingerprint density at radius 2 is 1.12 bits per heavy atom. The van der Waals surface area contributed by atoms with Crippen molar-refractivity contribution in [1.82, 2.24) is 10.6 Å². The first-order valence-corrected chi connectivity index (χ1v) is 6.27. The molecule has 0 spiro atoms. The quantitative estimate of drug-likeness (QED) is 0.673. The minimum atomic E-state index is -0.109. The third-order valence-electron chi connectivity index (χ3n) is 3.00. The summed E-state index contributed by atoms with van der Waals surface area (Å²) < 4.78 is 0. The second kappa shape index (κ2) is 7.56. The van der Waals surface area contributed by atoms with Crippen molar-refractivity contribution >= 4 is 11.6 Å². The Morgan fingerprint density at radius 3 is 1.35 bits per heavy atom. The summed E-state index contributed by atoms with van der Waals surface area (Å²) in [6.07, 6.45) is 0.884. The summed E-state index contributed by atoms with van der Waals surface area (Å²) in [7, 11) is 0. The molecule has 0 aromatic heterocycles. The average molecular weight is 242 g/mol. The Balaban J connectivity index is 3.99. The topological polar surface area (TPSA) is 58.2 Å². The van der Waals surface area contributed by atoms with E-state index in [1.165, 1.54) is 0 Å². The lowest BCUT2D eigenvalue weighted by Crippen LogP contribution is -2.45. The molecule has 100 valence electrons. The summed E-state index contributed by atoms with van der Waals surface area (Å²) in [5, 5.41) is 6.48. The van der Waals surface area contributed by atoms with Crippen LogP contribution in [0.1, 0.15) is 48.0 Å². The average Bonchev–Trinajstić information content (AvgIpc) is 2.16. The zero-order chi connectivity index (χ0) is 13.6. The number of Topliss-reactive ketones (excluding diaryl/α,β-unsaturated/α-hetero) is 2. The molecule has 0 radical (unpaired) electrons. The number of hydrogen-bond acceptors (Lipinski definition) is 4. The van der Waals surface area contributed by atoms with E-state index >= 15 is 0 Å². The second-order valence-corrected chi connectivity index (χ2v) is 5.04. The second-order valence-electron chi connectivity index (χ2n) is 5.04. The van der Waals surface area contributed by atoms with Crippen LogP contribution < -0.4 is 10.6 Å². The third kappa shape index (κ3) is 7.23. The minimum absolute atomic E-state index is 0.109. The molecule has 0 bridgehead atoms. The molecule has 0 aromatic carbocycles. The van der Waals surface area contributed by atoms with Crippen molar-refractivity contribution in [1.29, 1.82) is 0 Å². The first kappa shape index (κ1) is 16.3. The van der Waals surface area contributed by atoms with Crippen molar-refractivity contribution in [3.8, 4) is 0 Å². The fraction of sp³-hybridized carbons (Fsp3) is 0.846. The largest absolute Gasteiger partial charge is 0.305 e. The molecule has 0 fully saturated rings. The molecule has 0 saturated carbocycles. The van der Waals surface area contributed by atoms with E-state index in [0.29, 0.717) is 0 Å². The number of carbonyl (C=O) groups excluding carboxylic acids is 2. The molecule has 0 heterocycles. The fourth-order valence-corrected chi connectivity index (χ4v) is 1.75. The molecule has 4 nitrogen and oxygen atoms in total. The van der Waals surface area contributed by atoms with E-state index in [4.69, 9.17) is 0 Å². The summed E-state index contributed by atoms with van der Waals surface area (Å²) in [6.45, 7) is 11.0. The van der Waals surface area contributed by atoms with Gasteiger partial charge in [-0.3, -0.25) is 9.59 Å². The Labute approximate surface area is 105 Å². The van der Waals surface area contributed by atoms with Gasteiger partial charge in [0.1, 0.15) is 11.6 Å². The highest BCUT2D eigenvalue weighted by Crippen LogP contribution is 2.01. The third-order valence-corrected chi connectivity index (χ3v) is 3.00. The standard InChI is InChI=1S/C13H26N2O2/c1-8(14-10(3)12(5)16)7-9(2)15-11(4)13(6)17/h8-11,14-15H,7H2,1-6H3. The molecule has 0 aliphatic rings. The van der Waals surface area contributed by atoms with E-state index in [1.807, 2.05) is 13.8 Å². The molecule has 0 amide bonds. The summed E-state index contributed by atoms with van der Waals surface area (Å²) in [5.41, 5.74) is 0. The zero-order valence-corrected chi connectivity index (χ0v) is 11.8. The molecule has 0 rings (SSSR count). The molecule has 2 N–H and O–H groups in total. The molecule has 0 aliphatic heterocycles. The lowest BCUT2D eigenvalue weighted by molar-refractivity contribution is -0.119. The molecule has 0 saturated heterocycles. The molecule has 17 heavy (non-hydrogen) atoms. The first-order valence-electron chi connectivity index (χ1n) is 6.27. The van der Waals surface area contributed by atoms with Crippen LogP contribution in [-0.2, 0) is 9.59 Å². The normalized spacial score (nSPS) is 18.2. The van der Waals surface area contributed by atoms with Crippen molar-refractivity contribution in [3.05, 3.63) is 0 Å². The van der Waals surface area contributed by atoms with Gasteiger partial charge in [-0.05, 0) is 48.0 Å². The number of hydrogen-bond donors (Lipinski definition) is 2. The van der Waals surface area contributed by atoms with Crippen LogP contribution in [0.5, 0.6) is 0 Å². The summed E-state index contributed by atoms with van der Waals surface area (Å²) >= 11 is 0. The summed E-state index contributed by atoms with van der Waals surface area (Å²) in [5.74, 6) is 0.295. The SMILES string of the molecule is CC(=O)C(C)NC(C)CC(C)NC(C)C(C)=O. The van der Waals surface area contributed by atoms with E-state index in [1.54, 1.807) is 13.8 Å². The predicted octanol–water partition coefficient (Wildman–Crippen LogP) is 1.29. The predicted molar refractivity (Wildman–Crippen MR) is 70.1 cm³/mol. The molecule has 0 aromatic rings.